The lowest BCUT2D eigenvalue weighted by Crippen LogP contribution is -2.29. The molecule has 4 aromatic carbocycles. The minimum absolute atomic E-state index is 0.117. The Morgan fingerprint density at radius 2 is 1.63 bits per heavy atom. The van der Waals surface area contributed by atoms with Crippen molar-refractivity contribution in [3.63, 3.8) is 0 Å². The van der Waals surface area contributed by atoms with Crippen LogP contribution >= 0.6 is 22.6 Å². The summed E-state index contributed by atoms with van der Waals surface area (Å²) in [6, 6.07) is 21.3. The molecule has 43 heavy (non-hydrogen) atoms. The van der Waals surface area contributed by atoms with Gasteiger partial charge in [-0.05, 0) is 102 Å². The van der Waals surface area contributed by atoms with Crippen LogP contribution in [-0.4, -0.2) is 7.82 Å². The Morgan fingerprint density at radius 3 is 2.37 bits per heavy atom. The van der Waals surface area contributed by atoms with Crippen molar-refractivity contribution in [2.75, 3.05) is 0 Å². The van der Waals surface area contributed by atoms with Crippen LogP contribution in [0.15, 0.2) is 60.8 Å². The smallest absolute Gasteiger partial charge is 0.224 e. The Kier molecular flexibility index (Phi) is 5.97. The highest BCUT2D eigenvalue weighted by atomic mass is 127. The Hall–Kier alpha value is -2.92. The normalized spacial score (nSPS) is 16.7. The average molecular weight is 678 g/mol. The van der Waals surface area contributed by atoms with Gasteiger partial charge < -0.3 is 4.40 Å². The molecule has 0 unspecified atom stereocenters. The zero-order valence-corrected chi connectivity index (χ0v) is 28.8. The van der Waals surface area contributed by atoms with E-state index in [0.29, 0.717) is 11.3 Å². The van der Waals surface area contributed by atoms with Gasteiger partial charge in [0, 0.05) is 20.3 Å². The van der Waals surface area contributed by atoms with Crippen LogP contribution in [0.4, 0.5) is 0 Å². The van der Waals surface area contributed by atoms with Crippen molar-refractivity contribution in [1.29, 1.82) is 0 Å². The van der Waals surface area contributed by atoms with Crippen molar-refractivity contribution < 1.29 is 4.57 Å². The summed E-state index contributed by atoms with van der Waals surface area (Å²) in [6.07, 6.45) is 8.46. The minimum Gasteiger partial charge on any atom is -0.307 e. The molecule has 0 saturated heterocycles. The Labute approximate surface area is 268 Å². The second-order valence-electron chi connectivity index (χ2n) is 15.0. The van der Waals surface area contributed by atoms with Gasteiger partial charge in [0.2, 0.25) is 5.52 Å². The molecule has 218 valence electrons. The number of halogens is 1. The van der Waals surface area contributed by atoms with Gasteiger partial charge in [0.15, 0.2) is 6.20 Å². The maximum Gasteiger partial charge on any atom is 0.224 e. The molecule has 0 radical (unpaired) electrons. The Balaban J connectivity index is 1.67. The van der Waals surface area contributed by atoms with Gasteiger partial charge in [-0.3, -0.25) is 0 Å². The molecule has 3 heterocycles. The van der Waals surface area contributed by atoms with Crippen LogP contribution < -0.4 is 4.57 Å². The molecule has 7 aromatic rings. The zero-order valence-electron chi connectivity index (χ0n) is 26.7. The van der Waals surface area contributed by atoms with E-state index in [9.17, 15) is 0 Å². The van der Waals surface area contributed by atoms with Crippen LogP contribution in [0, 0.1) is 19.3 Å². The molecule has 8 rings (SSSR count). The molecule has 0 atom stereocenters. The fraction of sp³-hybridized carbons (Fsp3) is 0.375. The number of para-hydroxylation sites is 1. The molecule has 0 spiro atoms. The third kappa shape index (κ3) is 4.06. The Morgan fingerprint density at radius 1 is 0.884 bits per heavy atom. The molecule has 1 saturated carbocycles. The van der Waals surface area contributed by atoms with Crippen molar-refractivity contribution in [3.05, 3.63) is 83.0 Å². The standard InChI is InChI=1S/C40H42IN2/c1-23-12-13-27-29(20-23)24(2)33-36(31(27)22-40(5,6)41)43-32-11-9-8-10-28(32)35-30(25-14-17-39(3,4)18-15-25)21-26-16-19-42(7)37(33)34(26)38(35)43/h8-13,16,19-21,25H,14-15,17-18,22H2,1-7H3/q+1. The maximum absolute atomic E-state index is 2.70. The number of pyridine rings is 2. The number of alkyl halides is 1. The van der Waals surface area contributed by atoms with Crippen LogP contribution in [0.25, 0.3) is 59.8 Å². The lowest BCUT2D eigenvalue weighted by Gasteiger charge is -2.35. The summed E-state index contributed by atoms with van der Waals surface area (Å²) in [5.74, 6) is 0.601. The van der Waals surface area contributed by atoms with Crippen LogP contribution in [-0.2, 0) is 13.5 Å². The summed E-state index contributed by atoms with van der Waals surface area (Å²) in [6.45, 7) is 14.3. The van der Waals surface area contributed by atoms with Gasteiger partial charge in [-0.25, -0.2) is 4.57 Å². The van der Waals surface area contributed by atoms with Gasteiger partial charge in [0.05, 0.1) is 27.3 Å². The maximum atomic E-state index is 2.70. The zero-order chi connectivity index (χ0) is 30.0. The first-order valence-corrected chi connectivity index (χ1v) is 17.2. The van der Waals surface area contributed by atoms with Gasteiger partial charge in [0.1, 0.15) is 7.05 Å². The molecule has 2 nitrogen and oxygen atoms in total. The predicted molar refractivity (Wildman–Crippen MR) is 194 cm³/mol. The van der Waals surface area contributed by atoms with Crippen molar-refractivity contribution in [2.45, 2.75) is 83.0 Å². The number of aryl methyl sites for hydroxylation is 3. The molecule has 0 bridgehead atoms. The van der Waals surface area contributed by atoms with Crippen LogP contribution in [0.5, 0.6) is 0 Å². The fourth-order valence-corrected chi connectivity index (χ4v) is 8.95. The summed E-state index contributed by atoms with van der Waals surface area (Å²) < 4.78 is 5.22. The molecule has 1 fully saturated rings. The van der Waals surface area contributed by atoms with Gasteiger partial charge in [0.25, 0.3) is 0 Å². The van der Waals surface area contributed by atoms with Crippen LogP contribution in [0.2, 0.25) is 0 Å². The fourth-order valence-electron chi connectivity index (χ4n) is 8.56. The van der Waals surface area contributed by atoms with E-state index in [1.165, 1.54) is 102 Å². The molecule has 3 heteroatoms. The number of nitrogens with zero attached hydrogens (tertiary/aromatic N) is 2. The second kappa shape index (κ2) is 9.30. The summed E-state index contributed by atoms with van der Waals surface area (Å²) >= 11 is 2.66. The van der Waals surface area contributed by atoms with E-state index in [-0.39, 0.29) is 3.42 Å². The molecule has 3 aromatic heterocycles. The van der Waals surface area contributed by atoms with Crippen molar-refractivity contribution in [2.24, 2.45) is 12.5 Å². The number of benzene rings is 4. The molecule has 0 N–H and O–H groups in total. The van der Waals surface area contributed by atoms with Crippen LogP contribution in [0.1, 0.15) is 81.5 Å². The highest BCUT2D eigenvalue weighted by Gasteiger charge is 2.33. The number of hydrogen-bond donors (Lipinski definition) is 0. The molecule has 0 aliphatic heterocycles. The van der Waals surface area contributed by atoms with E-state index in [1.54, 1.807) is 5.56 Å². The summed E-state index contributed by atoms with van der Waals surface area (Å²) in [5, 5.41) is 9.90. The SMILES string of the molecule is Cc1ccc2c(CC(C)(C)I)c3c(c(C)c2c1)c1c2c(cc[n+]1C)cc(C1CCC(C)(C)CC1)c1c4ccccc4n3c12. The van der Waals surface area contributed by atoms with E-state index in [1.807, 2.05) is 0 Å². The predicted octanol–water partition coefficient (Wildman–Crippen LogP) is 11.0. The number of rotatable bonds is 3. The van der Waals surface area contributed by atoms with E-state index in [4.69, 9.17) is 0 Å². The number of fused-ring (bicyclic) bond motifs is 7. The lowest BCUT2D eigenvalue weighted by molar-refractivity contribution is -0.643. The molecule has 0 amide bonds. The average Bonchev–Trinajstić information content (AvgIpc) is 3.30. The molecule has 1 aliphatic carbocycles. The first-order valence-electron chi connectivity index (χ1n) is 16.1. The lowest BCUT2D eigenvalue weighted by atomic mass is 9.70. The third-order valence-corrected chi connectivity index (χ3v) is 11.1. The highest BCUT2D eigenvalue weighted by molar-refractivity contribution is 14.1. The third-order valence-electron chi connectivity index (χ3n) is 10.7. The van der Waals surface area contributed by atoms with Crippen molar-refractivity contribution >= 4 is 82.4 Å². The highest BCUT2D eigenvalue weighted by Crippen LogP contribution is 2.50. The Bertz CT molecular complexity index is 2250. The molecular weight excluding hydrogens is 635 g/mol. The van der Waals surface area contributed by atoms with E-state index in [0.717, 1.165) is 6.42 Å². The quantitative estimate of drug-likeness (QED) is 0.0579. The summed E-state index contributed by atoms with van der Waals surface area (Å²) in [5.41, 5.74) is 11.8. The largest absolute Gasteiger partial charge is 0.307 e. The monoisotopic (exact) mass is 677 g/mol. The van der Waals surface area contributed by atoms with Crippen molar-refractivity contribution in [3.8, 4) is 0 Å². The summed E-state index contributed by atoms with van der Waals surface area (Å²) in [7, 11) is 2.25. The first kappa shape index (κ1) is 27.6. The summed E-state index contributed by atoms with van der Waals surface area (Å²) in [4.78, 5) is 0. The number of hydrogen-bond acceptors (Lipinski definition) is 0. The van der Waals surface area contributed by atoms with E-state index < -0.39 is 0 Å². The van der Waals surface area contributed by atoms with Gasteiger partial charge in [-0.2, -0.15) is 0 Å². The minimum atomic E-state index is 0.117. The van der Waals surface area contributed by atoms with Crippen LogP contribution in [0.3, 0.4) is 0 Å². The first-order chi connectivity index (χ1) is 20.4. The van der Waals surface area contributed by atoms with E-state index in [2.05, 4.69) is 141 Å². The van der Waals surface area contributed by atoms with Crippen molar-refractivity contribution in [1.82, 2.24) is 4.40 Å². The molecule has 1 aliphatic rings. The van der Waals surface area contributed by atoms with E-state index >= 15 is 0 Å². The second-order valence-corrected chi connectivity index (χ2v) is 17.9. The topological polar surface area (TPSA) is 8.29 Å². The van der Waals surface area contributed by atoms with Gasteiger partial charge in [-0.1, -0.05) is 92.2 Å². The van der Waals surface area contributed by atoms with Gasteiger partial charge >= 0.3 is 0 Å². The molecular formula is C40H42IN2+. The number of aromatic nitrogens is 2. The van der Waals surface area contributed by atoms with Gasteiger partial charge in [-0.15, -0.1) is 0 Å².